The number of hydrogen-bond donors (Lipinski definition) is 1. The number of piperidine rings is 1. The Morgan fingerprint density at radius 1 is 1.16 bits per heavy atom. The number of anilines is 1. The van der Waals surface area contributed by atoms with Crippen molar-refractivity contribution in [1.29, 1.82) is 0 Å². The smallest absolute Gasteiger partial charge is 0.329 e. The summed E-state index contributed by atoms with van der Waals surface area (Å²) in [5.74, 6) is 0.177. The zero-order chi connectivity index (χ0) is 25.9. The monoisotopic (exact) mass is 521 g/mol. The Morgan fingerprint density at radius 3 is 2.62 bits per heavy atom. The number of nitrogens with one attached hydrogen (secondary N) is 1. The number of halogens is 1. The fraction of sp³-hybridized carbons (Fsp3) is 0.393. The maximum atomic E-state index is 13.3. The number of imidazole rings is 1. The molecule has 0 spiro atoms. The highest BCUT2D eigenvalue weighted by atomic mass is 35.5. The van der Waals surface area contributed by atoms with Gasteiger partial charge in [-0.25, -0.2) is 4.79 Å². The number of aromatic nitrogens is 2. The Hall–Kier alpha value is -3.36. The van der Waals surface area contributed by atoms with Gasteiger partial charge < -0.3 is 15.0 Å². The summed E-state index contributed by atoms with van der Waals surface area (Å²) in [5.41, 5.74) is 3.17. The first kappa shape index (κ1) is 25.3. The lowest BCUT2D eigenvalue weighted by Crippen LogP contribution is -2.41. The molecule has 0 aliphatic carbocycles. The summed E-state index contributed by atoms with van der Waals surface area (Å²) in [7, 11) is 1.64. The first-order valence-electron chi connectivity index (χ1n) is 12.7. The van der Waals surface area contributed by atoms with Crippen LogP contribution >= 0.6 is 11.6 Å². The van der Waals surface area contributed by atoms with Crippen LogP contribution in [-0.2, 0) is 11.3 Å². The third-order valence-electron chi connectivity index (χ3n) is 7.30. The molecule has 0 bridgehead atoms. The fourth-order valence-electron chi connectivity index (χ4n) is 5.23. The Labute approximate surface area is 221 Å². The lowest BCUT2D eigenvalue weighted by molar-refractivity contribution is 0.0694. The van der Waals surface area contributed by atoms with Gasteiger partial charge in [-0.1, -0.05) is 30.7 Å². The average molecular weight is 522 g/mol. The number of aliphatic imine (C=N–C) groups is 1. The van der Waals surface area contributed by atoms with E-state index in [2.05, 4.69) is 17.2 Å². The highest BCUT2D eigenvalue weighted by Crippen LogP contribution is 2.29. The lowest BCUT2D eigenvalue weighted by Gasteiger charge is -2.33. The van der Waals surface area contributed by atoms with E-state index in [1.165, 1.54) is 0 Å². The van der Waals surface area contributed by atoms with Crippen molar-refractivity contribution in [3.8, 4) is 0 Å². The van der Waals surface area contributed by atoms with Crippen molar-refractivity contribution in [2.75, 3.05) is 32.1 Å². The maximum absolute atomic E-state index is 13.3. The molecule has 0 saturated carbocycles. The van der Waals surface area contributed by atoms with Crippen LogP contribution in [0.5, 0.6) is 0 Å². The van der Waals surface area contributed by atoms with Crippen LogP contribution in [-0.4, -0.2) is 59.0 Å². The van der Waals surface area contributed by atoms with Gasteiger partial charge in [0, 0.05) is 50.3 Å². The lowest BCUT2D eigenvalue weighted by atomic mass is 10.0. The predicted molar refractivity (Wildman–Crippen MR) is 148 cm³/mol. The third kappa shape index (κ3) is 5.08. The summed E-state index contributed by atoms with van der Waals surface area (Å²) in [5, 5.41) is 3.87. The van der Waals surface area contributed by atoms with Crippen LogP contribution in [0.1, 0.15) is 36.2 Å². The van der Waals surface area contributed by atoms with E-state index < -0.39 is 0 Å². The average Bonchev–Trinajstić information content (AvgIpc) is 3.19. The largest absolute Gasteiger partial charge is 0.383 e. The molecule has 1 fully saturated rings. The Bertz CT molecular complexity index is 1400. The number of fused-ring (bicyclic) bond motifs is 1. The van der Waals surface area contributed by atoms with Gasteiger partial charge in [0.25, 0.3) is 5.91 Å². The number of rotatable bonds is 7. The van der Waals surface area contributed by atoms with Crippen LogP contribution in [0.25, 0.3) is 11.0 Å². The number of hydrogen-bond acceptors (Lipinski definition) is 5. The molecule has 1 amide bonds. The van der Waals surface area contributed by atoms with Crippen molar-refractivity contribution in [1.82, 2.24) is 14.0 Å². The van der Waals surface area contributed by atoms with Gasteiger partial charge in [0.15, 0.2) is 0 Å². The molecule has 2 aliphatic rings. The van der Waals surface area contributed by atoms with Crippen LogP contribution in [0.15, 0.2) is 64.5 Å². The topological polar surface area (TPSA) is 80.9 Å². The van der Waals surface area contributed by atoms with E-state index in [1.54, 1.807) is 23.9 Å². The number of ether oxygens (including phenoxy) is 1. The normalized spacial score (nSPS) is 20.0. The summed E-state index contributed by atoms with van der Waals surface area (Å²) >= 11 is 6.56. The van der Waals surface area contributed by atoms with Crippen molar-refractivity contribution >= 4 is 40.4 Å². The second kappa shape index (κ2) is 10.9. The van der Waals surface area contributed by atoms with Crippen LogP contribution in [0.4, 0.5) is 5.69 Å². The van der Waals surface area contributed by atoms with E-state index in [1.807, 2.05) is 58.2 Å². The van der Waals surface area contributed by atoms with Crippen LogP contribution < -0.4 is 11.0 Å². The number of amides is 1. The van der Waals surface area contributed by atoms with Crippen molar-refractivity contribution in [2.24, 2.45) is 10.9 Å². The molecular formula is C28H32ClN5O3. The second-order valence-corrected chi connectivity index (χ2v) is 10.1. The quantitative estimate of drug-likeness (QED) is 0.493. The molecule has 0 radical (unpaired) electrons. The number of carbonyl (C=O) groups is 1. The SMILES string of the molecule is COCCn1c(=O)n(C2CCN(C(=O)c3ccc(NC4C=CN=CC4C)cc3Cl)CC2)c2ccccc21. The Morgan fingerprint density at radius 2 is 1.92 bits per heavy atom. The number of para-hydroxylation sites is 2. The molecule has 3 heterocycles. The molecule has 5 rings (SSSR count). The number of benzene rings is 2. The summed E-state index contributed by atoms with van der Waals surface area (Å²) in [6.45, 7) is 4.20. The van der Waals surface area contributed by atoms with E-state index in [-0.39, 0.29) is 29.6 Å². The molecule has 2 aromatic carbocycles. The van der Waals surface area contributed by atoms with Crippen LogP contribution in [0, 0.1) is 5.92 Å². The first-order chi connectivity index (χ1) is 18.0. The predicted octanol–water partition coefficient (Wildman–Crippen LogP) is 4.59. The number of carbonyl (C=O) groups excluding carboxylic acids is 1. The highest BCUT2D eigenvalue weighted by molar-refractivity contribution is 6.34. The van der Waals surface area contributed by atoms with Crippen molar-refractivity contribution < 1.29 is 9.53 Å². The zero-order valence-corrected chi connectivity index (χ0v) is 21.9. The van der Waals surface area contributed by atoms with Crippen LogP contribution in [0.2, 0.25) is 5.02 Å². The van der Waals surface area contributed by atoms with Gasteiger partial charge in [-0.05, 0) is 49.2 Å². The number of nitrogens with zero attached hydrogens (tertiary/aromatic N) is 4. The standard InChI is InChI=1S/C28H32ClN5O3/c1-19-18-30-12-9-24(19)31-20-7-8-22(23(29)17-20)27(35)32-13-10-21(11-14-32)34-26-6-4-3-5-25(26)33(28(34)36)15-16-37-2/h3-9,12,17-19,21,24,31H,10-11,13-16H2,1-2H3. The minimum Gasteiger partial charge on any atom is -0.383 e. The summed E-state index contributed by atoms with van der Waals surface area (Å²) in [6, 6.07) is 13.5. The van der Waals surface area contributed by atoms with Gasteiger partial charge in [0.05, 0.1) is 40.8 Å². The van der Waals surface area contributed by atoms with Crippen molar-refractivity contribution in [3.63, 3.8) is 0 Å². The van der Waals surface area contributed by atoms with E-state index in [9.17, 15) is 9.59 Å². The molecule has 2 unspecified atom stereocenters. The van der Waals surface area contributed by atoms with E-state index in [0.29, 0.717) is 49.7 Å². The molecule has 9 heteroatoms. The highest BCUT2D eigenvalue weighted by Gasteiger charge is 2.28. The number of likely N-dealkylation sites (tertiary alicyclic amines) is 1. The molecule has 2 atom stereocenters. The molecular weight excluding hydrogens is 490 g/mol. The molecule has 1 aromatic heterocycles. The maximum Gasteiger partial charge on any atom is 0.329 e. The molecule has 3 aromatic rings. The minimum absolute atomic E-state index is 0.0254. The first-order valence-corrected chi connectivity index (χ1v) is 13.1. The molecule has 194 valence electrons. The van der Waals surface area contributed by atoms with E-state index in [0.717, 1.165) is 16.7 Å². The molecule has 8 nitrogen and oxygen atoms in total. The summed E-state index contributed by atoms with van der Waals surface area (Å²) in [4.78, 5) is 32.7. The summed E-state index contributed by atoms with van der Waals surface area (Å²) in [6.07, 6.45) is 7.11. The van der Waals surface area contributed by atoms with Gasteiger partial charge in [0.1, 0.15) is 0 Å². The molecule has 37 heavy (non-hydrogen) atoms. The Balaban J connectivity index is 1.28. The third-order valence-corrected chi connectivity index (χ3v) is 7.62. The summed E-state index contributed by atoms with van der Waals surface area (Å²) < 4.78 is 8.89. The van der Waals surface area contributed by atoms with Crippen LogP contribution in [0.3, 0.4) is 0 Å². The van der Waals surface area contributed by atoms with Crippen molar-refractivity contribution in [3.05, 3.63) is 75.8 Å². The van der Waals surface area contributed by atoms with Gasteiger partial charge in [-0.15, -0.1) is 0 Å². The molecule has 2 aliphatic heterocycles. The second-order valence-electron chi connectivity index (χ2n) is 9.67. The minimum atomic E-state index is -0.0806. The zero-order valence-electron chi connectivity index (χ0n) is 21.1. The van der Waals surface area contributed by atoms with Gasteiger partial charge in [0.2, 0.25) is 0 Å². The van der Waals surface area contributed by atoms with E-state index in [4.69, 9.17) is 16.3 Å². The van der Waals surface area contributed by atoms with E-state index >= 15 is 0 Å². The van der Waals surface area contributed by atoms with Gasteiger partial charge in [-0.2, -0.15) is 0 Å². The fourth-order valence-corrected chi connectivity index (χ4v) is 5.49. The van der Waals surface area contributed by atoms with Gasteiger partial charge >= 0.3 is 5.69 Å². The molecule has 1 N–H and O–H groups in total. The number of methoxy groups -OCH3 is 1. The van der Waals surface area contributed by atoms with Crippen molar-refractivity contribution in [2.45, 2.75) is 38.4 Å². The molecule has 1 saturated heterocycles. The van der Waals surface area contributed by atoms with Gasteiger partial charge in [-0.3, -0.25) is 18.9 Å². The Kier molecular flexibility index (Phi) is 7.48.